The van der Waals surface area contributed by atoms with Crippen LogP contribution in [0.4, 0.5) is 4.39 Å². The Bertz CT molecular complexity index is 675. The molecule has 2 aliphatic rings. The molecule has 25 heavy (non-hydrogen) atoms. The first kappa shape index (κ1) is 17.8. The predicted molar refractivity (Wildman–Crippen MR) is 88.0 cm³/mol. The fourth-order valence-corrected chi connectivity index (χ4v) is 3.48. The summed E-state index contributed by atoms with van der Waals surface area (Å²) in [6, 6.07) is 5.27. The Morgan fingerprint density at radius 2 is 2.00 bits per heavy atom. The van der Waals surface area contributed by atoms with Crippen molar-refractivity contribution in [3.63, 3.8) is 0 Å². The molecule has 6 nitrogen and oxygen atoms in total. The van der Waals surface area contributed by atoms with Gasteiger partial charge in [0.15, 0.2) is 0 Å². The molecule has 2 N–H and O–H groups in total. The largest absolute Gasteiger partial charge is 0.391 e. The van der Waals surface area contributed by atoms with Gasteiger partial charge in [-0.3, -0.25) is 9.59 Å². The number of hydrogen-bond acceptors (Lipinski definition) is 4. The molecule has 2 fully saturated rings. The highest BCUT2D eigenvalue weighted by Crippen LogP contribution is 2.28. The molecular weight excluding hydrogens is 327 g/mol. The topological polar surface area (TPSA) is 81.1 Å². The van der Waals surface area contributed by atoms with Crippen LogP contribution in [0.5, 0.6) is 0 Å². The van der Waals surface area contributed by atoms with Gasteiger partial charge in [-0.15, -0.1) is 0 Å². The van der Waals surface area contributed by atoms with Crippen LogP contribution in [-0.4, -0.2) is 69.2 Å². The lowest BCUT2D eigenvalue weighted by molar-refractivity contribution is -0.162. The zero-order valence-electron chi connectivity index (χ0n) is 14.2. The van der Waals surface area contributed by atoms with E-state index in [2.05, 4.69) is 0 Å². The summed E-state index contributed by atoms with van der Waals surface area (Å²) in [5.74, 6) is -1.11. The molecule has 2 amide bonds. The van der Waals surface area contributed by atoms with Gasteiger partial charge in [-0.25, -0.2) is 4.39 Å². The molecule has 2 saturated heterocycles. The van der Waals surface area contributed by atoms with Crippen LogP contribution in [0.3, 0.4) is 0 Å². The van der Waals surface area contributed by atoms with Crippen molar-refractivity contribution in [1.82, 2.24) is 9.80 Å². The highest BCUT2D eigenvalue weighted by atomic mass is 19.1. The number of β-amino-alcohol motifs (C(OH)–C–C–N with tert-alkyl or cyclic N) is 2. The molecule has 2 aliphatic heterocycles. The normalized spacial score (nSPS) is 25.0. The van der Waals surface area contributed by atoms with E-state index >= 15 is 0 Å². The van der Waals surface area contributed by atoms with E-state index < -0.39 is 23.6 Å². The molecule has 136 valence electrons. The van der Waals surface area contributed by atoms with Gasteiger partial charge in [0.2, 0.25) is 11.8 Å². The van der Waals surface area contributed by atoms with Crippen molar-refractivity contribution < 1.29 is 24.2 Å². The third-order valence-corrected chi connectivity index (χ3v) is 5.12. The fourth-order valence-electron chi connectivity index (χ4n) is 3.48. The summed E-state index contributed by atoms with van der Waals surface area (Å²) in [4.78, 5) is 28.1. The van der Waals surface area contributed by atoms with Crippen molar-refractivity contribution in [2.75, 3.05) is 19.6 Å². The standard InChI is InChI=1S/C18H23FN2O4/c1-2-18(25)10-20(11-18)17(24)15-8-13(22)9-21(15)16(23)7-12-5-3-4-6-14(12)19/h3-6,13,15,22,25H,2,7-11H2,1H3. The van der Waals surface area contributed by atoms with Gasteiger partial charge >= 0.3 is 0 Å². The Kier molecular flexibility index (Phi) is 4.79. The van der Waals surface area contributed by atoms with E-state index in [9.17, 15) is 24.2 Å². The number of nitrogens with zero attached hydrogens (tertiary/aromatic N) is 2. The molecule has 7 heteroatoms. The molecule has 0 saturated carbocycles. The van der Waals surface area contributed by atoms with Crippen molar-refractivity contribution in [1.29, 1.82) is 0 Å². The fraction of sp³-hybridized carbons (Fsp3) is 0.556. The average Bonchev–Trinajstić information content (AvgIpc) is 2.95. The summed E-state index contributed by atoms with van der Waals surface area (Å²) in [7, 11) is 0. The first-order valence-corrected chi connectivity index (χ1v) is 8.55. The smallest absolute Gasteiger partial charge is 0.245 e. The number of carbonyl (C=O) groups is 2. The van der Waals surface area contributed by atoms with Gasteiger partial charge in [0, 0.05) is 13.0 Å². The quantitative estimate of drug-likeness (QED) is 0.819. The third kappa shape index (κ3) is 3.52. The molecule has 2 heterocycles. The van der Waals surface area contributed by atoms with E-state index in [1.165, 1.54) is 21.9 Å². The third-order valence-electron chi connectivity index (χ3n) is 5.12. The summed E-state index contributed by atoms with van der Waals surface area (Å²) in [6.45, 7) is 2.40. The van der Waals surface area contributed by atoms with Crippen molar-refractivity contribution in [3.05, 3.63) is 35.6 Å². The lowest BCUT2D eigenvalue weighted by Gasteiger charge is -2.47. The minimum atomic E-state index is -0.852. The van der Waals surface area contributed by atoms with E-state index in [0.717, 1.165) is 0 Å². The van der Waals surface area contributed by atoms with Gasteiger partial charge in [0.25, 0.3) is 0 Å². The first-order valence-electron chi connectivity index (χ1n) is 8.55. The number of aliphatic hydroxyl groups is 2. The number of benzene rings is 1. The van der Waals surface area contributed by atoms with Gasteiger partial charge in [-0.1, -0.05) is 25.1 Å². The van der Waals surface area contributed by atoms with Gasteiger partial charge in [0.05, 0.1) is 31.2 Å². The van der Waals surface area contributed by atoms with Gasteiger partial charge in [-0.05, 0) is 18.1 Å². The zero-order chi connectivity index (χ0) is 18.2. The summed E-state index contributed by atoms with van der Waals surface area (Å²) >= 11 is 0. The van der Waals surface area contributed by atoms with Gasteiger partial charge < -0.3 is 20.0 Å². The maximum atomic E-state index is 13.8. The molecule has 0 aliphatic carbocycles. The van der Waals surface area contributed by atoms with Crippen LogP contribution in [0.15, 0.2) is 24.3 Å². The van der Waals surface area contributed by atoms with Crippen molar-refractivity contribution in [3.8, 4) is 0 Å². The Morgan fingerprint density at radius 3 is 2.64 bits per heavy atom. The Balaban J connectivity index is 1.68. The number of amides is 2. The molecule has 0 radical (unpaired) electrons. The molecular formula is C18H23FN2O4. The first-order chi connectivity index (χ1) is 11.8. The van der Waals surface area contributed by atoms with Crippen LogP contribution >= 0.6 is 0 Å². The highest BCUT2D eigenvalue weighted by molar-refractivity contribution is 5.89. The van der Waals surface area contributed by atoms with Crippen LogP contribution in [0, 0.1) is 5.82 Å². The van der Waals surface area contributed by atoms with E-state index in [1.807, 2.05) is 6.92 Å². The highest BCUT2D eigenvalue weighted by Gasteiger charge is 2.47. The van der Waals surface area contributed by atoms with Crippen LogP contribution < -0.4 is 0 Å². The summed E-state index contributed by atoms with van der Waals surface area (Å²) < 4.78 is 13.8. The molecule has 0 bridgehead atoms. The Labute approximate surface area is 145 Å². The number of rotatable bonds is 4. The zero-order valence-corrected chi connectivity index (χ0v) is 14.2. The number of likely N-dealkylation sites (tertiary alicyclic amines) is 2. The van der Waals surface area contributed by atoms with E-state index in [0.29, 0.717) is 6.42 Å². The number of hydrogen-bond donors (Lipinski definition) is 2. The second-order valence-corrected chi connectivity index (χ2v) is 6.99. The Hall–Kier alpha value is -1.99. The average molecular weight is 350 g/mol. The second-order valence-electron chi connectivity index (χ2n) is 6.99. The summed E-state index contributed by atoms with van der Waals surface area (Å²) in [5.41, 5.74) is -0.584. The number of halogens is 1. The van der Waals surface area contributed by atoms with E-state index in [-0.39, 0.29) is 49.9 Å². The summed E-state index contributed by atoms with van der Waals surface area (Å²) in [6.07, 6.45) is -0.199. The minimum absolute atomic E-state index is 0.0651. The van der Waals surface area contributed by atoms with E-state index in [4.69, 9.17) is 0 Å². The van der Waals surface area contributed by atoms with Crippen LogP contribution in [0.25, 0.3) is 0 Å². The van der Waals surface area contributed by atoms with Crippen molar-refractivity contribution >= 4 is 11.8 Å². The lowest BCUT2D eigenvalue weighted by Crippen LogP contribution is -2.65. The summed E-state index contributed by atoms with van der Waals surface area (Å²) in [5, 5.41) is 20.0. The maximum Gasteiger partial charge on any atom is 0.245 e. The molecule has 1 aromatic carbocycles. The van der Waals surface area contributed by atoms with E-state index in [1.54, 1.807) is 12.1 Å². The van der Waals surface area contributed by atoms with Crippen LogP contribution in [0.2, 0.25) is 0 Å². The molecule has 2 unspecified atom stereocenters. The SMILES string of the molecule is CCC1(O)CN(C(=O)C2CC(O)CN2C(=O)Cc2ccccc2F)C1. The molecule has 2 atom stereocenters. The van der Waals surface area contributed by atoms with Gasteiger partial charge in [-0.2, -0.15) is 0 Å². The van der Waals surface area contributed by atoms with Crippen molar-refractivity contribution in [2.24, 2.45) is 0 Å². The number of aliphatic hydroxyl groups excluding tert-OH is 1. The van der Waals surface area contributed by atoms with Crippen molar-refractivity contribution in [2.45, 2.75) is 43.9 Å². The Morgan fingerprint density at radius 1 is 1.32 bits per heavy atom. The minimum Gasteiger partial charge on any atom is -0.391 e. The second kappa shape index (κ2) is 6.72. The number of carbonyl (C=O) groups excluding carboxylic acids is 2. The van der Waals surface area contributed by atoms with Crippen LogP contribution in [0.1, 0.15) is 25.3 Å². The lowest BCUT2D eigenvalue weighted by atomic mass is 9.90. The van der Waals surface area contributed by atoms with Gasteiger partial charge in [0.1, 0.15) is 11.9 Å². The molecule has 3 rings (SSSR count). The predicted octanol–water partition coefficient (Wildman–Crippen LogP) is 0.313. The molecule has 0 spiro atoms. The molecule has 0 aromatic heterocycles. The monoisotopic (exact) mass is 350 g/mol. The van der Waals surface area contributed by atoms with Crippen LogP contribution in [-0.2, 0) is 16.0 Å². The maximum absolute atomic E-state index is 13.8. The molecule has 1 aromatic rings.